The van der Waals surface area contributed by atoms with E-state index in [1.54, 1.807) is 30.4 Å². The zero-order valence-electron chi connectivity index (χ0n) is 8.36. The normalized spacial score (nSPS) is 11.6. The molecule has 0 heterocycles. The van der Waals surface area contributed by atoms with Crippen LogP contribution in [-0.2, 0) is 0 Å². The number of hydrogen-bond acceptors (Lipinski definition) is 2. The lowest BCUT2D eigenvalue weighted by Gasteiger charge is -2.05. The molecule has 0 amide bonds. The molecule has 0 aliphatic rings. The second-order valence-electron chi connectivity index (χ2n) is 2.94. The maximum absolute atomic E-state index is 9.77. The molecule has 0 aliphatic carbocycles. The van der Waals surface area contributed by atoms with Gasteiger partial charge in [-0.1, -0.05) is 24.3 Å². The molecule has 1 rings (SSSR count). The van der Waals surface area contributed by atoms with Crippen molar-refractivity contribution in [2.45, 2.75) is 13.8 Å². The molecule has 0 aliphatic heterocycles. The van der Waals surface area contributed by atoms with E-state index in [0.29, 0.717) is 11.1 Å². The number of rotatable bonds is 2. The molecule has 14 heavy (non-hydrogen) atoms. The van der Waals surface area contributed by atoms with Crippen molar-refractivity contribution in [2.75, 3.05) is 0 Å². The van der Waals surface area contributed by atoms with Crippen LogP contribution >= 0.6 is 0 Å². The Morgan fingerprint density at radius 2 is 1.64 bits per heavy atom. The Bertz CT molecular complexity index is 376. The van der Waals surface area contributed by atoms with Crippen LogP contribution in [0.5, 0.6) is 11.5 Å². The monoisotopic (exact) mass is 190 g/mol. The van der Waals surface area contributed by atoms with Gasteiger partial charge in [-0.25, -0.2) is 0 Å². The second-order valence-corrected chi connectivity index (χ2v) is 2.94. The van der Waals surface area contributed by atoms with Crippen molar-refractivity contribution in [3.05, 3.63) is 35.4 Å². The summed E-state index contributed by atoms with van der Waals surface area (Å²) in [6.45, 7) is 3.71. The molecule has 0 atom stereocenters. The van der Waals surface area contributed by atoms with Crippen molar-refractivity contribution in [1.82, 2.24) is 0 Å². The first-order valence-electron chi connectivity index (χ1n) is 4.51. The van der Waals surface area contributed by atoms with E-state index in [9.17, 15) is 10.2 Å². The van der Waals surface area contributed by atoms with Crippen LogP contribution in [0.4, 0.5) is 0 Å². The molecule has 74 valence electrons. The summed E-state index contributed by atoms with van der Waals surface area (Å²) in [5, 5.41) is 19.2. The molecule has 1 aromatic carbocycles. The molecule has 2 heteroatoms. The molecule has 0 unspecified atom stereocenters. The van der Waals surface area contributed by atoms with Crippen LogP contribution in [0, 0.1) is 0 Å². The van der Waals surface area contributed by atoms with Gasteiger partial charge in [0.15, 0.2) is 0 Å². The van der Waals surface area contributed by atoms with E-state index in [2.05, 4.69) is 0 Å². The van der Waals surface area contributed by atoms with Gasteiger partial charge in [0.2, 0.25) is 0 Å². The predicted octanol–water partition coefficient (Wildman–Crippen LogP) is 3.16. The van der Waals surface area contributed by atoms with E-state index < -0.39 is 0 Å². The van der Waals surface area contributed by atoms with Crippen molar-refractivity contribution in [1.29, 1.82) is 0 Å². The first-order chi connectivity index (χ1) is 6.70. The highest BCUT2D eigenvalue weighted by Crippen LogP contribution is 2.32. The lowest BCUT2D eigenvalue weighted by Crippen LogP contribution is -1.81. The summed E-state index contributed by atoms with van der Waals surface area (Å²) >= 11 is 0. The lowest BCUT2D eigenvalue weighted by atomic mass is 10.1. The van der Waals surface area contributed by atoms with Crippen LogP contribution in [0.25, 0.3) is 12.2 Å². The van der Waals surface area contributed by atoms with Gasteiger partial charge in [0.05, 0.1) is 5.56 Å². The predicted molar refractivity (Wildman–Crippen MR) is 59.2 cm³/mol. The highest BCUT2D eigenvalue weighted by Gasteiger charge is 2.06. The third-order valence-corrected chi connectivity index (χ3v) is 1.90. The minimum atomic E-state index is 0.0915. The van der Waals surface area contributed by atoms with Gasteiger partial charge in [0, 0.05) is 5.56 Å². The fourth-order valence-electron chi connectivity index (χ4n) is 1.26. The summed E-state index contributed by atoms with van der Waals surface area (Å²) in [5.74, 6) is 0.204. The van der Waals surface area contributed by atoms with E-state index in [4.69, 9.17) is 0 Å². The zero-order valence-corrected chi connectivity index (χ0v) is 8.36. The first-order valence-corrected chi connectivity index (χ1v) is 4.51. The number of benzene rings is 1. The van der Waals surface area contributed by atoms with Gasteiger partial charge in [-0.2, -0.15) is 0 Å². The van der Waals surface area contributed by atoms with Gasteiger partial charge < -0.3 is 10.2 Å². The van der Waals surface area contributed by atoms with Crippen molar-refractivity contribution < 1.29 is 10.2 Å². The van der Waals surface area contributed by atoms with Gasteiger partial charge in [-0.15, -0.1) is 0 Å². The van der Waals surface area contributed by atoms with Gasteiger partial charge in [0.1, 0.15) is 11.5 Å². The van der Waals surface area contributed by atoms with Crippen LogP contribution in [0.3, 0.4) is 0 Å². The van der Waals surface area contributed by atoms with E-state index in [-0.39, 0.29) is 11.5 Å². The Balaban J connectivity index is 3.33. The third kappa shape index (κ3) is 1.96. The Morgan fingerprint density at radius 1 is 1.00 bits per heavy atom. The van der Waals surface area contributed by atoms with E-state index in [0.717, 1.165) is 0 Å². The molecule has 0 radical (unpaired) electrons. The largest absolute Gasteiger partial charge is 0.507 e. The highest BCUT2D eigenvalue weighted by atomic mass is 16.3. The van der Waals surface area contributed by atoms with E-state index in [1.165, 1.54) is 0 Å². The number of phenolic OH excluding ortho intramolecular Hbond substituents is 2. The summed E-state index contributed by atoms with van der Waals surface area (Å²) in [4.78, 5) is 0. The van der Waals surface area contributed by atoms with E-state index >= 15 is 0 Å². The highest BCUT2D eigenvalue weighted by molar-refractivity contribution is 5.71. The molecule has 0 fully saturated rings. The third-order valence-electron chi connectivity index (χ3n) is 1.90. The average Bonchev–Trinajstić information content (AvgIpc) is 2.17. The maximum atomic E-state index is 9.77. The molecule has 0 saturated carbocycles. The Labute approximate surface area is 83.8 Å². The smallest absolute Gasteiger partial charge is 0.133 e. The summed E-state index contributed by atoms with van der Waals surface area (Å²) in [7, 11) is 0. The lowest BCUT2D eigenvalue weighted by molar-refractivity contribution is 0.447. The van der Waals surface area contributed by atoms with Gasteiger partial charge in [0.25, 0.3) is 0 Å². The standard InChI is InChI=1S/C12H14O2/c1-3-5-9-7-8-11(13)10(6-4-2)12(9)14/h3-8,13-14H,1-2H3. The topological polar surface area (TPSA) is 40.5 Å². The quantitative estimate of drug-likeness (QED) is 0.752. The van der Waals surface area contributed by atoms with Crippen LogP contribution in [-0.4, -0.2) is 10.2 Å². The van der Waals surface area contributed by atoms with Crippen molar-refractivity contribution in [3.8, 4) is 11.5 Å². The molecule has 0 aromatic heterocycles. The molecular weight excluding hydrogens is 176 g/mol. The van der Waals surface area contributed by atoms with E-state index in [1.807, 2.05) is 19.9 Å². The minimum absolute atomic E-state index is 0.0915. The summed E-state index contributed by atoms with van der Waals surface area (Å²) in [6.07, 6.45) is 7.08. The number of aromatic hydroxyl groups is 2. The maximum Gasteiger partial charge on any atom is 0.133 e. The summed E-state index contributed by atoms with van der Waals surface area (Å²) in [5.41, 5.74) is 1.17. The molecule has 0 bridgehead atoms. The van der Waals surface area contributed by atoms with Gasteiger partial charge in [-0.05, 0) is 26.0 Å². The first kappa shape index (κ1) is 10.4. The van der Waals surface area contributed by atoms with Crippen LogP contribution in [0.1, 0.15) is 25.0 Å². The Morgan fingerprint density at radius 3 is 2.21 bits per heavy atom. The number of hydrogen-bond donors (Lipinski definition) is 2. The Kier molecular flexibility index (Phi) is 3.35. The Hall–Kier alpha value is -1.70. The van der Waals surface area contributed by atoms with Gasteiger partial charge >= 0.3 is 0 Å². The molecule has 0 saturated heterocycles. The van der Waals surface area contributed by atoms with Crippen LogP contribution in [0.15, 0.2) is 24.3 Å². The van der Waals surface area contributed by atoms with Crippen molar-refractivity contribution in [2.24, 2.45) is 0 Å². The molecular formula is C12H14O2. The molecule has 2 N–H and O–H groups in total. The number of phenols is 2. The SMILES string of the molecule is CC=Cc1ccc(O)c(C=CC)c1O. The minimum Gasteiger partial charge on any atom is -0.507 e. The average molecular weight is 190 g/mol. The van der Waals surface area contributed by atoms with Crippen molar-refractivity contribution >= 4 is 12.2 Å². The van der Waals surface area contributed by atoms with Crippen LogP contribution < -0.4 is 0 Å². The fraction of sp³-hybridized carbons (Fsp3) is 0.167. The molecule has 2 nitrogen and oxygen atoms in total. The summed E-state index contributed by atoms with van der Waals surface area (Å²) < 4.78 is 0. The van der Waals surface area contributed by atoms with Crippen LogP contribution in [0.2, 0.25) is 0 Å². The second kappa shape index (κ2) is 4.51. The molecule has 1 aromatic rings. The fourth-order valence-corrected chi connectivity index (χ4v) is 1.26. The molecule has 0 spiro atoms. The van der Waals surface area contributed by atoms with Gasteiger partial charge in [-0.3, -0.25) is 0 Å². The summed E-state index contributed by atoms with van der Waals surface area (Å²) in [6, 6.07) is 3.25. The zero-order chi connectivity index (χ0) is 10.6. The number of allylic oxidation sites excluding steroid dienone is 2. The van der Waals surface area contributed by atoms with Crippen molar-refractivity contribution in [3.63, 3.8) is 0 Å².